The van der Waals surface area contributed by atoms with Crippen molar-refractivity contribution in [3.05, 3.63) is 64.0 Å². The molecule has 0 spiro atoms. The molecule has 26 heavy (non-hydrogen) atoms. The number of hydrogen-bond acceptors (Lipinski definition) is 6. The number of nitrogens with zero attached hydrogens (tertiary/aromatic N) is 1. The Labute approximate surface area is 156 Å². The molecule has 0 aliphatic rings. The predicted octanol–water partition coefficient (Wildman–Crippen LogP) is 4.49. The van der Waals surface area contributed by atoms with Crippen molar-refractivity contribution >= 4 is 17.3 Å². The van der Waals surface area contributed by atoms with Gasteiger partial charge < -0.3 is 14.2 Å². The standard InChI is InChI=1S/C20H19NO4S/c1-13-21-17(12-26-13)14-8-9-19(16(10-14)20(22)24-3)25-11-15-6-4-5-7-18(15)23-2/h4-10,12H,11H2,1-3H3. The Morgan fingerprint density at radius 1 is 1.12 bits per heavy atom. The van der Waals surface area contributed by atoms with Gasteiger partial charge in [-0.3, -0.25) is 0 Å². The molecule has 3 aromatic rings. The van der Waals surface area contributed by atoms with Gasteiger partial charge in [0, 0.05) is 16.5 Å². The first-order chi connectivity index (χ1) is 12.6. The lowest BCUT2D eigenvalue weighted by molar-refractivity contribution is 0.0595. The number of esters is 1. The SMILES string of the molecule is COC(=O)c1cc(-c2csc(C)n2)ccc1OCc1ccccc1OC. The maximum Gasteiger partial charge on any atom is 0.341 e. The molecule has 0 aliphatic heterocycles. The van der Waals surface area contributed by atoms with E-state index in [0.717, 1.165) is 27.6 Å². The van der Waals surface area contributed by atoms with Gasteiger partial charge in [-0.05, 0) is 31.2 Å². The number of para-hydroxylation sites is 1. The molecular formula is C20H19NO4S. The van der Waals surface area contributed by atoms with E-state index in [1.807, 2.05) is 42.6 Å². The van der Waals surface area contributed by atoms with Crippen LogP contribution in [0.3, 0.4) is 0 Å². The second kappa shape index (κ2) is 8.01. The second-order valence-electron chi connectivity index (χ2n) is 5.55. The van der Waals surface area contributed by atoms with E-state index in [0.29, 0.717) is 11.3 Å². The summed E-state index contributed by atoms with van der Waals surface area (Å²) in [6.07, 6.45) is 0. The van der Waals surface area contributed by atoms with Crippen molar-refractivity contribution in [3.63, 3.8) is 0 Å². The summed E-state index contributed by atoms with van der Waals surface area (Å²) in [5, 5.41) is 2.93. The zero-order valence-corrected chi connectivity index (χ0v) is 15.6. The Morgan fingerprint density at radius 3 is 2.62 bits per heavy atom. The highest BCUT2D eigenvalue weighted by Gasteiger charge is 2.16. The Morgan fingerprint density at radius 2 is 1.92 bits per heavy atom. The van der Waals surface area contributed by atoms with Gasteiger partial charge in [0.2, 0.25) is 0 Å². The van der Waals surface area contributed by atoms with Crippen LogP contribution in [0.1, 0.15) is 20.9 Å². The fourth-order valence-corrected chi connectivity index (χ4v) is 3.18. The van der Waals surface area contributed by atoms with Gasteiger partial charge in [0.05, 0.1) is 24.9 Å². The Balaban J connectivity index is 1.89. The molecular weight excluding hydrogens is 350 g/mol. The molecule has 6 heteroatoms. The summed E-state index contributed by atoms with van der Waals surface area (Å²) < 4.78 is 16.1. The van der Waals surface area contributed by atoms with Gasteiger partial charge in [-0.1, -0.05) is 18.2 Å². The zero-order valence-electron chi connectivity index (χ0n) is 14.8. The molecule has 0 bridgehead atoms. The van der Waals surface area contributed by atoms with E-state index in [1.165, 1.54) is 7.11 Å². The third-order valence-corrected chi connectivity index (χ3v) is 4.65. The van der Waals surface area contributed by atoms with Crippen LogP contribution in [-0.4, -0.2) is 25.2 Å². The fourth-order valence-electron chi connectivity index (χ4n) is 2.56. The van der Waals surface area contributed by atoms with Crippen LogP contribution in [0, 0.1) is 6.92 Å². The molecule has 3 rings (SSSR count). The van der Waals surface area contributed by atoms with E-state index in [2.05, 4.69) is 4.98 Å². The summed E-state index contributed by atoms with van der Waals surface area (Å²) in [5.74, 6) is 0.744. The van der Waals surface area contributed by atoms with Gasteiger partial charge >= 0.3 is 5.97 Å². The normalized spacial score (nSPS) is 10.4. The minimum Gasteiger partial charge on any atom is -0.496 e. The highest BCUT2D eigenvalue weighted by atomic mass is 32.1. The van der Waals surface area contributed by atoms with Gasteiger partial charge in [-0.25, -0.2) is 9.78 Å². The van der Waals surface area contributed by atoms with Crippen molar-refractivity contribution in [3.8, 4) is 22.8 Å². The smallest absolute Gasteiger partial charge is 0.341 e. The minimum atomic E-state index is -0.450. The van der Waals surface area contributed by atoms with Crippen molar-refractivity contribution in [2.75, 3.05) is 14.2 Å². The number of carbonyl (C=O) groups is 1. The maximum atomic E-state index is 12.2. The molecule has 2 aromatic carbocycles. The first-order valence-corrected chi connectivity index (χ1v) is 8.90. The number of methoxy groups -OCH3 is 2. The van der Waals surface area contributed by atoms with E-state index in [1.54, 1.807) is 30.6 Å². The largest absolute Gasteiger partial charge is 0.496 e. The third-order valence-electron chi connectivity index (χ3n) is 3.88. The van der Waals surface area contributed by atoms with Crippen molar-refractivity contribution < 1.29 is 19.0 Å². The molecule has 0 fully saturated rings. The lowest BCUT2D eigenvalue weighted by Gasteiger charge is -2.13. The average Bonchev–Trinajstić information content (AvgIpc) is 3.12. The van der Waals surface area contributed by atoms with Gasteiger partial charge in [-0.15, -0.1) is 11.3 Å². The fraction of sp³-hybridized carbons (Fsp3) is 0.200. The lowest BCUT2D eigenvalue weighted by atomic mass is 10.1. The Hall–Kier alpha value is -2.86. The van der Waals surface area contributed by atoms with Crippen LogP contribution < -0.4 is 9.47 Å². The first-order valence-electron chi connectivity index (χ1n) is 8.02. The van der Waals surface area contributed by atoms with Crippen molar-refractivity contribution in [1.29, 1.82) is 0 Å². The van der Waals surface area contributed by atoms with Crippen LogP contribution in [0.25, 0.3) is 11.3 Å². The quantitative estimate of drug-likeness (QED) is 0.599. The minimum absolute atomic E-state index is 0.281. The van der Waals surface area contributed by atoms with Crippen LogP contribution in [0.4, 0.5) is 0 Å². The van der Waals surface area contributed by atoms with E-state index in [9.17, 15) is 4.79 Å². The number of ether oxygens (including phenoxy) is 3. The summed E-state index contributed by atoms with van der Waals surface area (Å²) in [6, 6.07) is 13.0. The average molecular weight is 369 g/mol. The molecule has 0 N–H and O–H groups in total. The number of thiazole rings is 1. The molecule has 0 unspecified atom stereocenters. The third kappa shape index (κ3) is 3.86. The van der Waals surface area contributed by atoms with Gasteiger partial charge in [0.1, 0.15) is 23.7 Å². The number of hydrogen-bond donors (Lipinski definition) is 0. The molecule has 0 aliphatic carbocycles. The van der Waals surface area contributed by atoms with Crippen molar-refractivity contribution in [2.45, 2.75) is 13.5 Å². The molecule has 134 valence electrons. The van der Waals surface area contributed by atoms with Gasteiger partial charge in [0.15, 0.2) is 0 Å². The topological polar surface area (TPSA) is 57.7 Å². The molecule has 0 saturated carbocycles. The second-order valence-corrected chi connectivity index (χ2v) is 6.62. The van der Waals surface area contributed by atoms with Crippen LogP contribution in [0.2, 0.25) is 0 Å². The Bertz CT molecular complexity index is 920. The number of aryl methyl sites for hydroxylation is 1. The van der Waals surface area contributed by atoms with E-state index >= 15 is 0 Å². The molecule has 1 heterocycles. The summed E-state index contributed by atoms with van der Waals surface area (Å²) in [6.45, 7) is 2.23. The van der Waals surface area contributed by atoms with Crippen LogP contribution in [0.15, 0.2) is 47.8 Å². The zero-order chi connectivity index (χ0) is 18.5. The molecule has 0 atom stereocenters. The summed E-state index contributed by atoms with van der Waals surface area (Å²) in [4.78, 5) is 16.7. The van der Waals surface area contributed by atoms with E-state index in [4.69, 9.17) is 14.2 Å². The number of aromatic nitrogens is 1. The predicted molar refractivity (Wildman–Crippen MR) is 101 cm³/mol. The van der Waals surface area contributed by atoms with Crippen molar-refractivity contribution in [2.24, 2.45) is 0 Å². The summed E-state index contributed by atoms with van der Waals surface area (Å²) in [5.41, 5.74) is 2.93. The monoisotopic (exact) mass is 369 g/mol. The molecule has 0 saturated heterocycles. The van der Waals surface area contributed by atoms with Gasteiger partial charge in [0.25, 0.3) is 0 Å². The first kappa shape index (κ1) is 17.9. The van der Waals surface area contributed by atoms with E-state index in [-0.39, 0.29) is 6.61 Å². The lowest BCUT2D eigenvalue weighted by Crippen LogP contribution is -2.07. The highest BCUT2D eigenvalue weighted by molar-refractivity contribution is 7.09. The Kier molecular flexibility index (Phi) is 5.53. The molecule has 1 aromatic heterocycles. The highest BCUT2D eigenvalue weighted by Crippen LogP contribution is 2.29. The van der Waals surface area contributed by atoms with E-state index < -0.39 is 5.97 Å². The van der Waals surface area contributed by atoms with Crippen LogP contribution in [0.5, 0.6) is 11.5 Å². The van der Waals surface area contributed by atoms with Crippen molar-refractivity contribution in [1.82, 2.24) is 4.98 Å². The maximum absolute atomic E-state index is 12.2. The number of rotatable bonds is 6. The number of benzene rings is 2. The molecule has 0 amide bonds. The van der Waals surface area contributed by atoms with Crippen LogP contribution in [-0.2, 0) is 11.3 Å². The number of carbonyl (C=O) groups excluding carboxylic acids is 1. The van der Waals surface area contributed by atoms with Gasteiger partial charge in [-0.2, -0.15) is 0 Å². The summed E-state index contributed by atoms with van der Waals surface area (Å²) >= 11 is 1.56. The summed E-state index contributed by atoms with van der Waals surface area (Å²) in [7, 11) is 2.97. The van der Waals surface area contributed by atoms with Crippen LogP contribution >= 0.6 is 11.3 Å². The molecule has 5 nitrogen and oxygen atoms in total. The molecule has 0 radical (unpaired) electrons.